The van der Waals surface area contributed by atoms with Crippen molar-refractivity contribution >= 4 is 21.6 Å². The Labute approximate surface area is 147 Å². The summed E-state index contributed by atoms with van der Waals surface area (Å²) in [5.41, 5.74) is 1.01. The van der Waals surface area contributed by atoms with Crippen LogP contribution in [0.25, 0.3) is 0 Å². The van der Waals surface area contributed by atoms with Gasteiger partial charge in [-0.3, -0.25) is 9.10 Å². The van der Waals surface area contributed by atoms with E-state index in [0.717, 1.165) is 22.2 Å². The summed E-state index contributed by atoms with van der Waals surface area (Å²) in [5.74, 6) is -1.04. The molecule has 134 valence electrons. The molecule has 0 aliphatic heterocycles. The van der Waals surface area contributed by atoms with Crippen molar-refractivity contribution in [2.75, 3.05) is 10.6 Å². The van der Waals surface area contributed by atoms with Crippen LogP contribution in [-0.2, 0) is 14.8 Å². The molecule has 25 heavy (non-hydrogen) atoms. The van der Waals surface area contributed by atoms with Crippen molar-refractivity contribution in [2.45, 2.75) is 25.9 Å². The molecule has 5 nitrogen and oxygen atoms in total. The van der Waals surface area contributed by atoms with E-state index >= 15 is 0 Å². The van der Waals surface area contributed by atoms with Crippen molar-refractivity contribution in [2.24, 2.45) is 0 Å². The van der Waals surface area contributed by atoms with E-state index < -0.39 is 27.8 Å². The van der Waals surface area contributed by atoms with Gasteiger partial charge in [0.15, 0.2) is 0 Å². The minimum Gasteiger partial charge on any atom is -0.348 e. The predicted molar refractivity (Wildman–Crippen MR) is 96.2 cm³/mol. The molecule has 0 heterocycles. The number of sulfonamides is 1. The fourth-order valence-electron chi connectivity index (χ4n) is 2.58. The lowest BCUT2D eigenvalue weighted by Crippen LogP contribution is -2.48. The molecular weight excluding hydrogens is 343 g/mol. The molecule has 0 aromatic heterocycles. The second-order valence-electron chi connectivity index (χ2n) is 5.86. The highest BCUT2D eigenvalue weighted by atomic mass is 32.2. The average Bonchev–Trinajstić information content (AvgIpc) is 2.54. The fraction of sp³-hybridized carbons (Fsp3) is 0.278. The molecule has 2 rings (SSSR count). The number of hydrogen-bond acceptors (Lipinski definition) is 3. The molecular formula is C18H21FN2O3S. The van der Waals surface area contributed by atoms with Gasteiger partial charge in [-0.15, -0.1) is 0 Å². The average molecular weight is 364 g/mol. The molecule has 0 saturated heterocycles. The third kappa shape index (κ3) is 4.79. The second-order valence-corrected chi connectivity index (χ2v) is 7.72. The molecule has 2 aromatic rings. The van der Waals surface area contributed by atoms with Crippen molar-refractivity contribution in [3.63, 3.8) is 0 Å². The summed E-state index contributed by atoms with van der Waals surface area (Å²) in [7, 11) is -3.77. The molecule has 0 aliphatic carbocycles. The molecule has 0 unspecified atom stereocenters. The summed E-state index contributed by atoms with van der Waals surface area (Å²) in [6, 6.07) is 13.2. The Kier molecular flexibility index (Phi) is 5.79. The Hall–Kier alpha value is -2.41. The maximum absolute atomic E-state index is 13.5. The zero-order chi connectivity index (χ0) is 18.6. The van der Waals surface area contributed by atoms with Crippen molar-refractivity contribution in [1.82, 2.24) is 5.32 Å². The van der Waals surface area contributed by atoms with Crippen LogP contribution in [0.2, 0.25) is 0 Å². The highest BCUT2D eigenvalue weighted by molar-refractivity contribution is 7.92. The quantitative estimate of drug-likeness (QED) is 0.857. The van der Waals surface area contributed by atoms with E-state index in [0.29, 0.717) is 0 Å². The summed E-state index contributed by atoms with van der Waals surface area (Å²) in [6.07, 6.45) is 0.988. The van der Waals surface area contributed by atoms with Gasteiger partial charge >= 0.3 is 0 Å². The van der Waals surface area contributed by atoms with E-state index in [1.807, 2.05) is 37.3 Å². The fourth-order valence-corrected chi connectivity index (χ4v) is 3.75. The lowest BCUT2D eigenvalue weighted by Gasteiger charge is -2.29. The first-order valence-electron chi connectivity index (χ1n) is 7.80. The van der Waals surface area contributed by atoms with Gasteiger partial charge in [-0.25, -0.2) is 12.8 Å². The maximum Gasteiger partial charge on any atom is 0.244 e. The highest BCUT2D eigenvalue weighted by Gasteiger charge is 2.30. The Morgan fingerprint density at radius 3 is 2.28 bits per heavy atom. The first-order valence-corrected chi connectivity index (χ1v) is 9.65. The molecule has 2 atom stereocenters. The summed E-state index contributed by atoms with van der Waals surface area (Å²) >= 11 is 0. The van der Waals surface area contributed by atoms with E-state index in [4.69, 9.17) is 0 Å². The normalized spacial score (nSPS) is 13.8. The van der Waals surface area contributed by atoms with Gasteiger partial charge in [0.1, 0.15) is 11.9 Å². The SMILES string of the molecule is C[C@H](NC(=O)[C@@H](C)N(c1cccc(F)c1)S(C)(=O)=O)c1ccccc1. The van der Waals surface area contributed by atoms with Crippen LogP contribution in [0.4, 0.5) is 10.1 Å². The molecule has 1 amide bonds. The van der Waals surface area contributed by atoms with Crippen molar-refractivity contribution in [1.29, 1.82) is 0 Å². The van der Waals surface area contributed by atoms with Crippen LogP contribution < -0.4 is 9.62 Å². The number of halogens is 1. The Morgan fingerprint density at radius 1 is 1.08 bits per heavy atom. The first-order chi connectivity index (χ1) is 11.7. The summed E-state index contributed by atoms with van der Waals surface area (Å²) in [4.78, 5) is 12.6. The first kappa shape index (κ1) is 18.9. The minimum atomic E-state index is -3.77. The van der Waals surface area contributed by atoms with Crippen LogP contribution in [0, 0.1) is 5.82 Å². The van der Waals surface area contributed by atoms with Crippen molar-refractivity contribution < 1.29 is 17.6 Å². The van der Waals surface area contributed by atoms with Gasteiger partial charge < -0.3 is 5.32 Å². The van der Waals surface area contributed by atoms with Gasteiger partial charge in [0.05, 0.1) is 18.0 Å². The number of nitrogens with one attached hydrogen (secondary N) is 1. The number of nitrogens with zero attached hydrogens (tertiary/aromatic N) is 1. The largest absolute Gasteiger partial charge is 0.348 e. The van der Waals surface area contributed by atoms with Gasteiger partial charge in [0, 0.05) is 0 Å². The molecule has 7 heteroatoms. The Bertz CT molecular complexity index is 840. The van der Waals surface area contributed by atoms with Gasteiger partial charge in [-0.1, -0.05) is 36.4 Å². The molecule has 0 fully saturated rings. The van der Waals surface area contributed by atoms with Crippen LogP contribution in [0.1, 0.15) is 25.5 Å². The van der Waals surface area contributed by atoms with Gasteiger partial charge in [0.2, 0.25) is 15.9 Å². The van der Waals surface area contributed by atoms with Gasteiger partial charge in [-0.2, -0.15) is 0 Å². The van der Waals surface area contributed by atoms with E-state index in [1.54, 1.807) is 0 Å². The third-order valence-corrected chi connectivity index (χ3v) is 5.05. The van der Waals surface area contributed by atoms with E-state index in [1.165, 1.54) is 25.1 Å². The van der Waals surface area contributed by atoms with E-state index in [2.05, 4.69) is 5.32 Å². The minimum absolute atomic E-state index is 0.109. The lowest BCUT2D eigenvalue weighted by atomic mass is 10.1. The van der Waals surface area contributed by atoms with Gasteiger partial charge in [0.25, 0.3) is 0 Å². The number of carbonyl (C=O) groups excluding carboxylic acids is 1. The Balaban J connectivity index is 2.24. The van der Waals surface area contributed by atoms with Crippen LogP contribution in [0.5, 0.6) is 0 Å². The smallest absolute Gasteiger partial charge is 0.244 e. The number of benzene rings is 2. The molecule has 1 N–H and O–H groups in total. The van der Waals surface area contributed by atoms with Crippen molar-refractivity contribution in [3.8, 4) is 0 Å². The second kappa shape index (κ2) is 7.65. The van der Waals surface area contributed by atoms with E-state index in [9.17, 15) is 17.6 Å². The number of carbonyl (C=O) groups is 1. The Morgan fingerprint density at radius 2 is 1.72 bits per heavy atom. The topological polar surface area (TPSA) is 66.5 Å². The molecule has 2 aromatic carbocycles. The summed E-state index contributed by atoms with van der Waals surface area (Å²) in [5, 5.41) is 2.79. The van der Waals surface area contributed by atoms with Crippen LogP contribution in [-0.4, -0.2) is 26.6 Å². The molecule has 0 spiro atoms. The standard InChI is InChI=1S/C18H21FN2O3S/c1-13(15-8-5-4-6-9-15)20-18(22)14(2)21(25(3,23)24)17-11-7-10-16(19)12-17/h4-14H,1-3H3,(H,20,22)/t13-,14+/m0/s1. The van der Waals surface area contributed by atoms with Crippen molar-refractivity contribution in [3.05, 3.63) is 66.0 Å². The maximum atomic E-state index is 13.5. The van der Waals surface area contributed by atoms with Gasteiger partial charge in [-0.05, 0) is 37.6 Å². The van der Waals surface area contributed by atoms with E-state index in [-0.39, 0.29) is 11.7 Å². The van der Waals surface area contributed by atoms with Crippen LogP contribution >= 0.6 is 0 Å². The highest BCUT2D eigenvalue weighted by Crippen LogP contribution is 2.22. The number of amides is 1. The number of anilines is 1. The monoisotopic (exact) mass is 364 g/mol. The molecule has 0 radical (unpaired) electrons. The predicted octanol–water partition coefficient (Wildman–Crippen LogP) is 2.86. The molecule has 0 bridgehead atoms. The molecule has 0 saturated carbocycles. The lowest BCUT2D eigenvalue weighted by molar-refractivity contribution is -0.122. The summed E-state index contributed by atoms with van der Waals surface area (Å²) < 4.78 is 38.7. The number of hydrogen-bond donors (Lipinski definition) is 1. The summed E-state index contributed by atoms with van der Waals surface area (Å²) in [6.45, 7) is 3.28. The third-order valence-electron chi connectivity index (χ3n) is 3.81. The van der Waals surface area contributed by atoms with Crippen LogP contribution in [0.3, 0.4) is 0 Å². The number of rotatable bonds is 6. The molecule has 0 aliphatic rings. The van der Waals surface area contributed by atoms with Crippen LogP contribution in [0.15, 0.2) is 54.6 Å². The zero-order valence-corrected chi connectivity index (χ0v) is 15.1. The zero-order valence-electron chi connectivity index (χ0n) is 14.3.